The molecule has 0 aliphatic carbocycles. The lowest BCUT2D eigenvalue weighted by Crippen LogP contribution is -2.59. The van der Waals surface area contributed by atoms with E-state index in [4.69, 9.17) is 10.00 Å². The average molecular weight is 259 g/mol. The highest BCUT2D eigenvalue weighted by atomic mass is 16.5. The van der Waals surface area contributed by atoms with Gasteiger partial charge in [-0.3, -0.25) is 4.79 Å². The van der Waals surface area contributed by atoms with Crippen LogP contribution in [-0.2, 0) is 4.79 Å². The molecule has 0 bridgehead atoms. The molecule has 2 unspecified atom stereocenters. The van der Waals surface area contributed by atoms with Crippen LogP contribution in [0.5, 0.6) is 5.75 Å². The SMILES string of the molecule is COc1ccc(N2C(C)CNC(=O)C2CC#N)cc1. The Labute approximate surface area is 112 Å². The topological polar surface area (TPSA) is 65.4 Å². The molecule has 2 rings (SSSR count). The number of rotatable bonds is 3. The maximum atomic E-state index is 11.9. The third kappa shape index (κ3) is 2.63. The minimum Gasteiger partial charge on any atom is -0.497 e. The van der Waals surface area contributed by atoms with E-state index in [0.29, 0.717) is 6.54 Å². The van der Waals surface area contributed by atoms with Crippen LogP contribution >= 0.6 is 0 Å². The predicted molar refractivity (Wildman–Crippen MR) is 72.0 cm³/mol. The number of ether oxygens (including phenoxy) is 1. The molecule has 100 valence electrons. The van der Waals surface area contributed by atoms with Gasteiger partial charge in [0.05, 0.1) is 19.6 Å². The van der Waals surface area contributed by atoms with E-state index in [9.17, 15) is 4.79 Å². The first-order chi connectivity index (χ1) is 9.17. The van der Waals surface area contributed by atoms with Crippen molar-refractivity contribution in [3.63, 3.8) is 0 Å². The summed E-state index contributed by atoms with van der Waals surface area (Å²) in [5.74, 6) is 0.685. The van der Waals surface area contributed by atoms with Crippen LogP contribution in [0.1, 0.15) is 13.3 Å². The number of nitriles is 1. The Balaban J connectivity index is 2.31. The van der Waals surface area contributed by atoms with E-state index >= 15 is 0 Å². The van der Waals surface area contributed by atoms with E-state index in [2.05, 4.69) is 11.4 Å². The third-order valence-electron chi connectivity index (χ3n) is 3.34. The van der Waals surface area contributed by atoms with Crippen LogP contribution < -0.4 is 15.0 Å². The van der Waals surface area contributed by atoms with Gasteiger partial charge in [-0.2, -0.15) is 5.26 Å². The molecular formula is C14H17N3O2. The van der Waals surface area contributed by atoms with Crippen molar-refractivity contribution in [2.24, 2.45) is 0 Å². The number of benzene rings is 1. The summed E-state index contributed by atoms with van der Waals surface area (Å²) in [7, 11) is 1.62. The zero-order valence-corrected chi connectivity index (χ0v) is 11.1. The van der Waals surface area contributed by atoms with Crippen molar-refractivity contribution in [2.45, 2.75) is 25.4 Å². The van der Waals surface area contributed by atoms with Crippen molar-refractivity contribution in [3.8, 4) is 11.8 Å². The molecule has 1 aliphatic rings. The van der Waals surface area contributed by atoms with Gasteiger partial charge in [0, 0.05) is 18.3 Å². The van der Waals surface area contributed by atoms with Crippen molar-refractivity contribution in [3.05, 3.63) is 24.3 Å². The molecule has 0 saturated carbocycles. The summed E-state index contributed by atoms with van der Waals surface area (Å²) in [4.78, 5) is 13.9. The number of nitrogens with zero attached hydrogens (tertiary/aromatic N) is 2. The van der Waals surface area contributed by atoms with Gasteiger partial charge in [0.15, 0.2) is 0 Å². The molecule has 1 saturated heterocycles. The maximum Gasteiger partial charge on any atom is 0.243 e. The van der Waals surface area contributed by atoms with Crippen molar-refractivity contribution in [2.75, 3.05) is 18.6 Å². The number of hydrogen-bond donors (Lipinski definition) is 1. The van der Waals surface area contributed by atoms with E-state index in [0.717, 1.165) is 11.4 Å². The van der Waals surface area contributed by atoms with E-state index in [1.165, 1.54) is 0 Å². The van der Waals surface area contributed by atoms with Gasteiger partial charge in [0.2, 0.25) is 5.91 Å². The van der Waals surface area contributed by atoms with Gasteiger partial charge in [-0.15, -0.1) is 0 Å². The summed E-state index contributed by atoms with van der Waals surface area (Å²) < 4.78 is 5.13. The predicted octanol–water partition coefficient (Wildman–Crippen LogP) is 1.30. The normalized spacial score (nSPS) is 22.6. The summed E-state index contributed by atoms with van der Waals surface area (Å²) in [6.07, 6.45) is 0.183. The van der Waals surface area contributed by atoms with Gasteiger partial charge in [-0.1, -0.05) is 0 Å². The lowest BCUT2D eigenvalue weighted by Gasteiger charge is -2.40. The summed E-state index contributed by atoms with van der Waals surface area (Å²) >= 11 is 0. The monoisotopic (exact) mass is 259 g/mol. The Morgan fingerprint density at radius 2 is 2.16 bits per heavy atom. The van der Waals surface area contributed by atoms with E-state index in [-0.39, 0.29) is 18.4 Å². The first-order valence-electron chi connectivity index (χ1n) is 6.24. The van der Waals surface area contributed by atoms with Gasteiger partial charge in [0.25, 0.3) is 0 Å². The molecule has 19 heavy (non-hydrogen) atoms. The Hall–Kier alpha value is -2.22. The van der Waals surface area contributed by atoms with Crippen LogP contribution in [0.2, 0.25) is 0 Å². The molecule has 1 aliphatic heterocycles. The highest BCUT2D eigenvalue weighted by Gasteiger charge is 2.33. The molecule has 0 spiro atoms. The molecular weight excluding hydrogens is 242 g/mol. The second kappa shape index (κ2) is 5.61. The van der Waals surface area contributed by atoms with Crippen LogP contribution in [0.15, 0.2) is 24.3 Å². The molecule has 0 aromatic heterocycles. The number of hydrogen-bond acceptors (Lipinski definition) is 4. The molecule has 1 aromatic carbocycles. The molecule has 1 N–H and O–H groups in total. The largest absolute Gasteiger partial charge is 0.497 e. The Morgan fingerprint density at radius 1 is 1.47 bits per heavy atom. The van der Waals surface area contributed by atoms with Crippen LogP contribution in [-0.4, -0.2) is 31.6 Å². The molecule has 5 heteroatoms. The molecule has 1 aromatic rings. The van der Waals surface area contributed by atoms with Gasteiger partial charge >= 0.3 is 0 Å². The number of carbonyl (C=O) groups is 1. The fraction of sp³-hybridized carbons (Fsp3) is 0.429. The van der Waals surface area contributed by atoms with Gasteiger partial charge in [-0.05, 0) is 31.2 Å². The number of amides is 1. The Bertz CT molecular complexity index is 492. The van der Waals surface area contributed by atoms with E-state index < -0.39 is 6.04 Å². The van der Waals surface area contributed by atoms with E-state index in [1.54, 1.807) is 7.11 Å². The third-order valence-corrected chi connectivity index (χ3v) is 3.34. The molecule has 1 fully saturated rings. The molecule has 5 nitrogen and oxygen atoms in total. The number of carbonyl (C=O) groups excluding carboxylic acids is 1. The second-order valence-corrected chi connectivity index (χ2v) is 4.58. The summed E-state index contributed by atoms with van der Waals surface area (Å²) in [5, 5.41) is 11.7. The van der Waals surface area contributed by atoms with Crippen LogP contribution in [0.3, 0.4) is 0 Å². The number of anilines is 1. The van der Waals surface area contributed by atoms with Gasteiger partial charge < -0.3 is 15.0 Å². The summed E-state index contributed by atoms with van der Waals surface area (Å²) in [5.41, 5.74) is 0.934. The van der Waals surface area contributed by atoms with Crippen LogP contribution in [0, 0.1) is 11.3 Å². The average Bonchev–Trinajstić information content (AvgIpc) is 2.44. The summed E-state index contributed by atoms with van der Waals surface area (Å²) in [6, 6.07) is 9.36. The smallest absolute Gasteiger partial charge is 0.243 e. The first kappa shape index (κ1) is 13.2. The van der Waals surface area contributed by atoms with Crippen molar-refractivity contribution < 1.29 is 9.53 Å². The molecule has 0 radical (unpaired) electrons. The quantitative estimate of drug-likeness (QED) is 0.888. The zero-order chi connectivity index (χ0) is 13.8. The molecule has 2 atom stereocenters. The van der Waals surface area contributed by atoms with Crippen molar-refractivity contribution in [1.82, 2.24) is 5.32 Å². The highest BCUT2D eigenvalue weighted by Crippen LogP contribution is 2.26. The van der Waals surface area contributed by atoms with E-state index in [1.807, 2.05) is 36.1 Å². The fourth-order valence-electron chi connectivity index (χ4n) is 2.36. The second-order valence-electron chi connectivity index (χ2n) is 4.58. The minimum absolute atomic E-state index is 0.0875. The Kier molecular flexibility index (Phi) is 3.91. The Morgan fingerprint density at radius 3 is 2.74 bits per heavy atom. The lowest BCUT2D eigenvalue weighted by atomic mass is 10.0. The lowest BCUT2D eigenvalue weighted by molar-refractivity contribution is -0.123. The zero-order valence-electron chi connectivity index (χ0n) is 11.1. The molecule has 1 amide bonds. The fourth-order valence-corrected chi connectivity index (χ4v) is 2.36. The van der Waals surface area contributed by atoms with Gasteiger partial charge in [0.1, 0.15) is 11.8 Å². The summed E-state index contributed by atoms with van der Waals surface area (Å²) in [6.45, 7) is 2.63. The van der Waals surface area contributed by atoms with Crippen LogP contribution in [0.25, 0.3) is 0 Å². The minimum atomic E-state index is -0.429. The number of piperazine rings is 1. The number of methoxy groups -OCH3 is 1. The maximum absolute atomic E-state index is 11.9. The highest BCUT2D eigenvalue weighted by molar-refractivity contribution is 5.87. The first-order valence-corrected chi connectivity index (χ1v) is 6.24. The van der Waals surface area contributed by atoms with Crippen molar-refractivity contribution >= 4 is 11.6 Å². The van der Waals surface area contributed by atoms with Gasteiger partial charge in [-0.25, -0.2) is 0 Å². The van der Waals surface area contributed by atoms with Crippen molar-refractivity contribution in [1.29, 1.82) is 5.26 Å². The molecule has 1 heterocycles. The standard InChI is InChI=1S/C14H17N3O2/c1-10-9-16-14(18)13(7-8-15)17(10)11-3-5-12(19-2)6-4-11/h3-6,10,13H,7,9H2,1-2H3,(H,16,18). The number of nitrogens with one attached hydrogen (secondary N) is 1. The van der Waals surface area contributed by atoms with Crippen LogP contribution in [0.4, 0.5) is 5.69 Å².